The predicted octanol–water partition coefficient (Wildman–Crippen LogP) is 1.67. The lowest BCUT2D eigenvalue weighted by Gasteiger charge is -2.33. The molecule has 0 saturated heterocycles. The number of nitrogens with one attached hydrogen (secondary N) is 1. The average Bonchev–Trinajstić information content (AvgIpc) is 2.72. The minimum Gasteiger partial charge on any atom is -0.396 e. The first-order valence-electron chi connectivity index (χ1n) is 5.89. The minimum atomic E-state index is -0.0580. The van der Waals surface area contributed by atoms with E-state index in [1.807, 2.05) is 31.2 Å². The first kappa shape index (κ1) is 11.6. The van der Waals surface area contributed by atoms with Crippen molar-refractivity contribution in [3.8, 4) is 0 Å². The Labute approximate surface area is 110 Å². The number of carbonyl (C=O) groups excluding carboxylic acids is 1. The molecule has 1 aromatic carbocycles. The average molecular weight is 262 g/mol. The zero-order valence-corrected chi connectivity index (χ0v) is 10.8. The Balaban J connectivity index is 2.01. The van der Waals surface area contributed by atoms with Crippen LogP contribution in [0.3, 0.4) is 0 Å². The molecular formula is C13H14N2O2S. The van der Waals surface area contributed by atoms with Crippen LogP contribution in [-0.4, -0.2) is 23.1 Å². The van der Waals surface area contributed by atoms with E-state index in [9.17, 15) is 4.79 Å². The Morgan fingerprint density at radius 3 is 3.00 bits per heavy atom. The highest BCUT2D eigenvalue weighted by Crippen LogP contribution is 2.44. The fraction of sp³-hybridized carbons (Fsp3) is 0.308. The van der Waals surface area contributed by atoms with E-state index in [4.69, 9.17) is 5.11 Å². The molecule has 2 aliphatic heterocycles. The molecule has 5 heteroatoms. The number of amides is 1. The van der Waals surface area contributed by atoms with E-state index in [1.54, 1.807) is 16.7 Å². The topological polar surface area (TPSA) is 52.6 Å². The number of benzene rings is 1. The molecule has 2 aliphatic rings. The monoisotopic (exact) mass is 262 g/mol. The van der Waals surface area contributed by atoms with Crippen molar-refractivity contribution in [2.24, 2.45) is 0 Å². The molecule has 0 bridgehead atoms. The van der Waals surface area contributed by atoms with E-state index in [2.05, 4.69) is 5.32 Å². The normalized spacial score (nSPS) is 21.8. The first-order valence-corrected chi connectivity index (χ1v) is 6.76. The number of thioether (sulfide) groups is 1. The Hall–Kier alpha value is -1.46. The van der Waals surface area contributed by atoms with E-state index < -0.39 is 0 Å². The van der Waals surface area contributed by atoms with Gasteiger partial charge in [0.2, 0.25) is 0 Å². The van der Waals surface area contributed by atoms with Gasteiger partial charge in [0, 0.05) is 29.2 Å². The molecule has 1 amide bonds. The van der Waals surface area contributed by atoms with Gasteiger partial charge in [0.05, 0.1) is 5.69 Å². The number of aliphatic hydroxyl groups is 1. The summed E-state index contributed by atoms with van der Waals surface area (Å²) in [5.41, 5.74) is 2.44. The number of anilines is 1. The summed E-state index contributed by atoms with van der Waals surface area (Å²) in [4.78, 5) is 15.4. The first-order chi connectivity index (χ1) is 8.72. The molecule has 94 valence electrons. The van der Waals surface area contributed by atoms with E-state index in [-0.39, 0.29) is 18.0 Å². The highest BCUT2D eigenvalue weighted by atomic mass is 32.2. The number of nitrogens with zero attached hydrogens (tertiary/aromatic N) is 1. The Morgan fingerprint density at radius 2 is 2.22 bits per heavy atom. The number of rotatable bonds is 2. The molecule has 3 rings (SSSR count). The molecule has 2 heterocycles. The minimum absolute atomic E-state index is 0.00255. The van der Waals surface area contributed by atoms with Crippen molar-refractivity contribution in [1.82, 2.24) is 5.32 Å². The molecule has 0 saturated carbocycles. The molecule has 1 aromatic rings. The van der Waals surface area contributed by atoms with Gasteiger partial charge >= 0.3 is 0 Å². The number of carbonyl (C=O) groups is 1. The lowest BCUT2D eigenvalue weighted by Crippen LogP contribution is -2.49. The third kappa shape index (κ3) is 1.62. The number of para-hydroxylation sites is 1. The van der Waals surface area contributed by atoms with Crippen molar-refractivity contribution in [3.63, 3.8) is 0 Å². The molecule has 2 N–H and O–H groups in total. The number of allylic oxidation sites excluding steroid dienone is 1. The lowest BCUT2D eigenvalue weighted by molar-refractivity contribution is -0.116. The van der Waals surface area contributed by atoms with E-state index in [0.717, 1.165) is 16.3 Å². The maximum Gasteiger partial charge on any atom is 0.258 e. The van der Waals surface area contributed by atoms with Crippen molar-refractivity contribution in [2.45, 2.75) is 23.7 Å². The summed E-state index contributed by atoms with van der Waals surface area (Å²) in [6.07, 6.45) is 0.397. The third-order valence-electron chi connectivity index (χ3n) is 3.23. The summed E-state index contributed by atoms with van der Waals surface area (Å²) < 4.78 is 0. The molecule has 1 atom stereocenters. The number of hydrogen-bond acceptors (Lipinski definition) is 4. The van der Waals surface area contributed by atoms with E-state index in [0.29, 0.717) is 12.0 Å². The standard InChI is InChI=1S/C13H14N2O2S/c1-8-9(6-7-16)12(17)15-10-4-2-3-5-11(10)18-13(15)14-8/h2-5,13-14,16H,6-7H2,1H3. The van der Waals surface area contributed by atoms with Gasteiger partial charge in [-0.25, -0.2) is 0 Å². The van der Waals surface area contributed by atoms with Gasteiger partial charge < -0.3 is 10.4 Å². The number of fused-ring (bicyclic) bond motifs is 3. The van der Waals surface area contributed by atoms with Crippen LogP contribution in [0.5, 0.6) is 0 Å². The predicted molar refractivity (Wildman–Crippen MR) is 71.1 cm³/mol. The van der Waals surface area contributed by atoms with Crippen LogP contribution in [0.25, 0.3) is 0 Å². The number of aliphatic hydroxyl groups excluding tert-OH is 1. The second-order valence-corrected chi connectivity index (χ2v) is 5.46. The zero-order chi connectivity index (χ0) is 12.7. The SMILES string of the molecule is CC1=C(CCO)C(=O)N2c3ccccc3SC2N1. The maximum absolute atomic E-state index is 12.5. The fourth-order valence-corrected chi connectivity index (χ4v) is 3.58. The van der Waals surface area contributed by atoms with Crippen LogP contribution in [0.15, 0.2) is 40.4 Å². The third-order valence-corrected chi connectivity index (χ3v) is 4.38. The van der Waals surface area contributed by atoms with Crippen LogP contribution in [0.1, 0.15) is 13.3 Å². The smallest absolute Gasteiger partial charge is 0.258 e. The van der Waals surface area contributed by atoms with Crippen LogP contribution in [-0.2, 0) is 4.79 Å². The molecular weight excluding hydrogens is 248 g/mol. The maximum atomic E-state index is 12.5. The van der Waals surface area contributed by atoms with Crippen LogP contribution in [0.2, 0.25) is 0 Å². The van der Waals surface area contributed by atoms with Gasteiger partial charge in [0.15, 0.2) is 5.50 Å². The summed E-state index contributed by atoms with van der Waals surface area (Å²) in [6.45, 7) is 1.89. The second kappa shape index (κ2) is 4.33. The Bertz CT molecular complexity index is 542. The summed E-state index contributed by atoms with van der Waals surface area (Å²) >= 11 is 1.65. The van der Waals surface area contributed by atoms with Crippen LogP contribution < -0.4 is 10.2 Å². The molecule has 1 unspecified atom stereocenters. The van der Waals surface area contributed by atoms with Crippen molar-refractivity contribution < 1.29 is 9.90 Å². The summed E-state index contributed by atoms with van der Waals surface area (Å²) in [5, 5.41) is 12.4. The lowest BCUT2D eigenvalue weighted by atomic mass is 10.1. The van der Waals surface area contributed by atoms with Gasteiger partial charge in [-0.2, -0.15) is 0 Å². The van der Waals surface area contributed by atoms with E-state index in [1.165, 1.54) is 0 Å². The second-order valence-electron chi connectivity index (χ2n) is 4.33. The molecule has 0 radical (unpaired) electrons. The summed E-state index contributed by atoms with van der Waals surface area (Å²) in [7, 11) is 0. The van der Waals surface area contributed by atoms with Gasteiger partial charge in [0.1, 0.15) is 0 Å². The van der Waals surface area contributed by atoms with Gasteiger partial charge in [-0.15, -0.1) is 0 Å². The highest BCUT2D eigenvalue weighted by Gasteiger charge is 2.39. The highest BCUT2D eigenvalue weighted by molar-refractivity contribution is 8.00. The summed E-state index contributed by atoms with van der Waals surface area (Å²) in [5.74, 6) is 0.00255. The quantitative estimate of drug-likeness (QED) is 0.851. The molecule has 0 aliphatic carbocycles. The molecule has 0 fully saturated rings. The van der Waals surface area contributed by atoms with Crippen LogP contribution in [0, 0.1) is 0 Å². The molecule has 0 aromatic heterocycles. The van der Waals surface area contributed by atoms with Crippen molar-refractivity contribution in [1.29, 1.82) is 0 Å². The van der Waals surface area contributed by atoms with Crippen molar-refractivity contribution in [2.75, 3.05) is 11.5 Å². The Morgan fingerprint density at radius 1 is 1.44 bits per heavy atom. The van der Waals surface area contributed by atoms with Crippen molar-refractivity contribution >= 4 is 23.4 Å². The van der Waals surface area contributed by atoms with Gasteiger partial charge in [0.25, 0.3) is 5.91 Å². The largest absolute Gasteiger partial charge is 0.396 e. The van der Waals surface area contributed by atoms with Crippen LogP contribution >= 0.6 is 11.8 Å². The van der Waals surface area contributed by atoms with Gasteiger partial charge in [-0.1, -0.05) is 23.9 Å². The Kier molecular flexibility index (Phi) is 2.80. The van der Waals surface area contributed by atoms with Crippen molar-refractivity contribution in [3.05, 3.63) is 35.5 Å². The van der Waals surface area contributed by atoms with Gasteiger partial charge in [-0.05, 0) is 19.1 Å². The van der Waals surface area contributed by atoms with Crippen LogP contribution in [0.4, 0.5) is 5.69 Å². The molecule has 18 heavy (non-hydrogen) atoms. The molecule has 0 spiro atoms. The van der Waals surface area contributed by atoms with E-state index >= 15 is 0 Å². The summed E-state index contributed by atoms with van der Waals surface area (Å²) in [6, 6.07) is 7.89. The fourth-order valence-electron chi connectivity index (χ4n) is 2.35. The number of hydrogen-bond donors (Lipinski definition) is 2. The van der Waals surface area contributed by atoms with Gasteiger partial charge in [-0.3, -0.25) is 9.69 Å². The molecule has 4 nitrogen and oxygen atoms in total. The zero-order valence-electron chi connectivity index (χ0n) is 10.0.